The van der Waals surface area contributed by atoms with Crippen LogP contribution in [0.1, 0.15) is 38.3 Å². The van der Waals surface area contributed by atoms with Crippen molar-refractivity contribution in [1.29, 1.82) is 0 Å². The lowest BCUT2D eigenvalue weighted by Gasteiger charge is -2.25. The van der Waals surface area contributed by atoms with Gasteiger partial charge in [-0.15, -0.1) is 0 Å². The molecule has 0 aliphatic rings. The molecule has 19 heavy (non-hydrogen) atoms. The van der Waals surface area contributed by atoms with E-state index in [0.717, 1.165) is 12.0 Å². The molecule has 1 unspecified atom stereocenters. The normalized spacial score (nSPS) is 13.1. The number of carbonyl (C=O) groups is 1. The third-order valence-corrected chi connectivity index (χ3v) is 4.45. The molecule has 1 amide bonds. The summed E-state index contributed by atoms with van der Waals surface area (Å²) < 4.78 is 22.3. The van der Waals surface area contributed by atoms with Crippen molar-refractivity contribution in [2.75, 3.05) is 7.05 Å². The second-order valence-electron chi connectivity index (χ2n) is 4.44. The van der Waals surface area contributed by atoms with Crippen molar-refractivity contribution in [3.63, 3.8) is 0 Å². The molecule has 6 heteroatoms. The lowest BCUT2D eigenvalue weighted by atomic mass is 10.1. The molecule has 4 nitrogen and oxygen atoms in total. The molecule has 0 spiro atoms. The minimum absolute atomic E-state index is 0.0626. The summed E-state index contributed by atoms with van der Waals surface area (Å²) in [4.78, 5) is 13.5. The molecule has 0 aliphatic heterocycles. The molecule has 0 aliphatic carbocycles. The van der Waals surface area contributed by atoms with Crippen molar-refractivity contribution < 1.29 is 13.2 Å². The van der Waals surface area contributed by atoms with E-state index in [1.807, 2.05) is 13.8 Å². The summed E-state index contributed by atoms with van der Waals surface area (Å²) in [5.41, 5.74) is 0.871. The van der Waals surface area contributed by atoms with Crippen molar-refractivity contribution >= 4 is 25.6 Å². The van der Waals surface area contributed by atoms with Gasteiger partial charge < -0.3 is 4.90 Å². The SMILES string of the molecule is CCCC(=O)N(C)C(C)c1ccc(S(=O)(=O)Cl)cc1. The lowest BCUT2D eigenvalue weighted by molar-refractivity contribution is -0.131. The molecule has 0 saturated carbocycles. The third kappa shape index (κ3) is 4.21. The minimum Gasteiger partial charge on any atom is -0.339 e. The van der Waals surface area contributed by atoms with E-state index in [9.17, 15) is 13.2 Å². The minimum atomic E-state index is -3.70. The van der Waals surface area contributed by atoms with E-state index in [1.54, 1.807) is 24.1 Å². The van der Waals surface area contributed by atoms with Crippen LogP contribution >= 0.6 is 10.7 Å². The Morgan fingerprint density at radius 1 is 1.32 bits per heavy atom. The fourth-order valence-electron chi connectivity index (χ4n) is 1.74. The summed E-state index contributed by atoms with van der Waals surface area (Å²) >= 11 is 0. The van der Waals surface area contributed by atoms with Gasteiger partial charge in [0.1, 0.15) is 0 Å². The number of rotatable bonds is 5. The standard InChI is InChI=1S/C13H18ClNO3S/c1-4-5-13(16)15(3)10(2)11-6-8-12(9-7-11)19(14,17)18/h6-10H,4-5H2,1-3H3. The maximum absolute atomic E-state index is 11.8. The Labute approximate surface area is 118 Å². The average molecular weight is 304 g/mol. The van der Waals surface area contributed by atoms with Gasteiger partial charge in [-0.3, -0.25) is 4.79 Å². The van der Waals surface area contributed by atoms with E-state index in [4.69, 9.17) is 10.7 Å². The highest BCUT2D eigenvalue weighted by atomic mass is 35.7. The maximum atomic E-state index is 11.8. The van der Waals surface area contributed by atoms with Crippen LogP contribution in [0.2, 0.25) is 0 Å². The highest BCUT2D eigenvalue weighted by Crippen LogP contribution is 2.22. The van der Waals surface area contributed by atoms with Crippen LogP contribution in [0.3, 0.4) is 0 Å². The monoisotopic (exact) mass is 303 g/mol. The summed E-state index contributed by atoms with van der Waals surface area (Å²) in [5, 5.41) is 0. The molecule has 1 atom stereocenters. The zero-order chi connectivity index (χ0) is 14.6. The Kier molecular flexibility index (Phi) is 5.38. The summed E-state index contributed by atoms with van der Waals surface area (Å²) in [5.74, 6) is 0.0732. The van der Waals surface area contributed by atoms with Gasteiger partial charge in [-0.05, 0) is 31.0 Å². The molecular weight excluding hydrogens is 286 g/mol. The maximum Gasteiger partial charge on any atom is 0.261 e. The first-order valence-corrected chi connectivity index (χ1v) is 8.38. The van der Waals surface area contributed by atoms with Gasteiger partial charge in [0.25, 0.3) is 9.05 Å². The Morgan fingerprint density at radius 3 is 2.26 bits per heavy atom. The third-order valence-electron chi connectivity index (χ3n) is 3.08. The fourth-order valence-corrected chi connectivity index (χ4v) is 2.51. The number of nitrogens with zero attached hydrogens (tertiary/aromatic N) is 1. The zero-order valence-electron chi connectivity index (χ0n) is 11.3. The molecule has 106 valence electrons. The largest absolute Gasteiger partial charge is 0.339 e. The van der Waals surface area contributed by atoms with Crippen molar-refractivity contribution in [1.82, 2.24) is 4.90 Å². The second kappa shape index (κ2) is 6.39. The van der Waals surface area contributed by atoms with Crippen molar-refractivity contribution in [3.8, 4) is 0 Å². The summed E-state index contributed by atoms with van der Waals surface area (Å²) in [7, 11) is 3.30. The van der Waals surface area contributed by atoms with Gasteiger partial charge in [0.15, 0.2) is 0 Å². The van der Waals surface area contributed by atoms with Crippen molar-refractivity contribution in [2.24, 2.45) is 0 Å². The quantitative estimate of drug-likeness (QED) is 0.786. The average Bonchev–Trinajstić information content (AvgIpc) is 2.36. The fraction of sp³-hybridized carbons (Fsp3) is 0.462. The first-order chi connectivity index (χ1) is 8.77. The highest BCUT2D eigenvalue weighted by molar-refractivity contribution is 8.13. The lowest BCUT2D eigenvalue weighted by Crippen LogP contribution is -2.29. The molecule has 1 rings (SSSR count). The van der Waals surface area contributed by atoms with E-state index >= 15 is 0 Å². The summed E-state index contributed by atoms with van der Waals surface area (Å²) in [6.07, 6.45) is 1.31. The van der Waals surface area contributed by atoms with Crippen LogP contribution in [0, 0.1) is 0 Å². The van der Waals surface area contributed by atoms with Crippen LogP contribution in [0.4, 0.5) is 0 Å². The van der Waals surface area contributed by atoms with Crippen LogP contribution in [-0.4, -0.2) is 26.3 Å². The van der Waals surface area contributed by atoms with E-state index < -0.39 is 9.05 Å². The Balaban J connectivity index is 2.89. The van der Waals surface area contributed by atoms with Crippen LogP contribution in [-0.2, 0) is 13.8 Å². The van der Waals surface area contributed by atoms with Crippen LogP contribution < -0.4 is 0 Å². The van der Waals surface area contributed by atoms with Crippen LogP contribution in [0.15, 0.2) is 29.2 Å². The van der Waals surface area contributed by atoms with Crippen LogP contribution in [0.5, 0.6) is 0 Å². The van der Waals surface area contributed by atoms with Gasteiger partial charge in [-0.25, -0.2) is 8.42 Å². The molecule has 1 aromatic carbocycles. The molecule has 1 aromatic rings. The van der Waals surface area contributed by atoms with Gasteiger partial charge in [-0.1, -0.05) is 19.1 Å². The molecule has 0 bridgehead atoms. The number of amides is 1. The number of hydrogen-bond donors (Lipinski definition) is 0. The second-order valence-corrected chi connectivity index (χ2v) is 7.00. The van der Waals surface area contributed by atoms with E-state index in [-0.39, 0.29) is 16.8 Å². The van der Waals surface area contributed by atoms with E-state index in [0.29, 0.717) is 6.42 Å². The smallest absolute Gasteiger partial charge is 0.261 e. The predicted octanol–water partition coefficient (Wildman–Crippen LogP) is 2.93. The molecular formula is C13H18ClNO3S. The van der Waals surface area contributed by atoms with Crippen LogP contribution in [0.25, 0.3) is 0 Å². The zero-order valence-corrected chi connectivity index (χ0v) is 12.8. The highest BCUT2D eigenvalue weighted by Gasteiger charge is 2.17. The molecule has 0 aromatic heterocycles. The summed E-state index contributed by atoms with van der Waals surface area (Å²) in [6, 6.07) is 6.15. The molecule has 0 N–H and O–H groups in total. The number of benzene rings is 1. The molecule has 0 saturated heterocycles. The predicted molar refractivity (Wildman–Crippen MR) is 75.6 cm³/mol. The first-order valence-electron chi connectivity index (χ1n) is 6.07. The summed E-state index contributed by atoms with van der Waals surface area (Å²) in [6.45, 7) is 3.86. The van der Waals surface area contributed by atoms with E-state index in [1.165, 1.54) is 12.1 Å². The number of halogens is 1. The Hall–Kier alpha value is -1.07. The van der Waals surface area contributed by atoms with Crippen molar-refractivity contribution in [2.45, 2.75) is 37.6 Å². The van der Waals surface area contributed by atoms with Gasteiger partial charge >= 0.3 is 0 Å². The molecule has 0 fully saturated rings. The van der Waals surface area contributed by atoms with Gasteiger partial charge in [-0.2, -0.15) is 0 Å². The molecule has 0 radical (unpaired) electrons. The van der Waals surface area contributed by atoms with E-state index in [2.05, 4.69) is 0 Å². The Bertz CT molecular complexity index is 540. The number of carbonyl (C=O) groups excluding carboxylic acids is 1. The van der Waals surface area contributed by atoms with Gasteiger partial charge in [0.05, 0.1) is 10.9 Å². The number of hydrogen-bond acceptors (Lipinski definition) is 3. The molecule has 0 heterocycles. The van der Waals surface area contributed by atoms with Gasteiger partial charge in [0.2, 0.25) is 5.91 Å². The van der Waals surface area contributed by atoms with Gasteiger partial charge in [0, 0.05) is 24.2 Å². The Morgan fingerprint density at radius 2 is 1.84 bits per heavy atom. The van der Waals surface area contributed by atoms with Crippen molar-refractivity contribution in [3.05, 3.63) is 29.8 Å². The topological polar surface area (TPSA) is 54.5 Å². The first kappa shape index (κ1) is 16.0.